The molecule has 0 atom stereocenters. The molecule has 0 aliphatic carbocycles. The molecule has 0 amide bonds. The smallest absolute Gasteiger partial charge is 0.135 e. The van der Waals surface area contributed by atoms with Gasteiger partial charge in [-0.2, -0.15) is 0 Å². The third kappa shape index (κ3) is 3.17. The maximum absolute atomic E-state index is 6.07. The van der Waals surface area contributed by atoms with E-state index in [4.69, 9.17) is 11.6 Å². The first-order chi connectivity index (χ1) is 8.19. The summed E-state index contributed by atoms with van der Waals surface area (Å²) in [7, 11) is 0. The van der Waals surface area contributed by atoms with Crippen molar-refractivity contribution < 1.29 is 0 Å². The van der Waals surface area contributed by atoms with Gasteiger partial charge in [0.05, 0.1) is 10.7 Å². The van der Waals surface area contributed by atoms with Crippen molar-refractivity contribution in [1.29, 1.82) is 0 Å². The number of hydrogen-bond donors (Lipinski definition) is 1. The summed E-state index contributed by atoms with van der Waals surface area (Å²) in [6.07, 6.45) is 0.788. The monoisotopic (exact) mass is 311 g/mol. The van der Waals surface area contributed by atoms with Gasteiger partial charge in [0.1, 0.15) is 16.2 Å². The molecule has 0 saturated carbocycles. The first kappa shape index (κ1) is 12.3. The van der Waals surface area contributed by atoms with Crippen molar-refractivity contribution in [2.24, 2.45) is 0 Å². The average Bonchev–Trinajstić information content (AvgIpc) is 2.31. The van der Waals surface area contributed by atoms with Crippen LogP contribution >= 0.6 is 27.5 Å². The Kier molecular flexibility index (Phi) is 3.97. The SMILES string of the molecule is CCc1nc(Br)cc(Nc2ccccc2Cl)n1. The summed E-state index contributed by atoms with van der Waals surface area (Å²) in [6, 6.07) is 9.37. The van der Waals surface area contributed by atoms with Gasteiger partial charge in [0.2, 0.25) is 0 Å². The molecule has 1 aromatic heterocycles. The van der Waals surface area contributed by atoms with Crippen LogP contribution in [0.4, 0.5) is 11.5 Å². The second-order valence-electron chi connectivity index (χ2n) is 3.45. The first-order valence-corrected chi connectivity index (χ1v) is 6.41. The maximum atomic E-state index is 6.07. The third-order valence-electron chi connectivity index (χ3n) is 2.19. The van der Waals surface area contributed by atoms with E-state index >= 15 is 0 Å². The van der Waals surface area contributed by atoms with Crippen LogP contribution in [0.15, 0.2) is 34.9 Å². The lowest BCUT2D eigenvalue weighted by Gasteiger charge is -2.08. The third-order valence-corrected chi connectivity index (χ3v) is 2.93. The fraction of sp³-hybridized carbons (Fsp3) is 0.167. The molecule has 17 heavy (non-hydrogen) atoms. The van der Waals surface area contributed by atoms with E-state index in [9.17, 15) is 0 Å². The van der Waals surface area contributed by atoms with Gasteiger partial charge in [0, 0.05) is 12.5 Å². The maximum Gasteiger partial charge on any atom is 0.135 e. The zero-order valence-electron chi connectivity index (χ0n) is 9.24. The number of rotatable bonds is 3. The van der Waals surface area contributed by atoms with Crippen molar-refractivity contribution >= 4 is 39.0 Å². The molecule has 88 valence electrons. The number of hydrogen-bond acceptors (Lipinski definition) is 3. The predicted molar refractivity (Wildman–Crippen MR) is 73.8 cm³/mol. The van der Waals surface area contributed by atoms with E-state index < -0.39 is 0 Å². The van der Waals surface area contributed by atoms with Crippen molar-refractivity contribution in [2.45, 2.75) is 13.3 Å². The molecular weight excluding hydrogens is 302 g/mol. The number of anilines is 2. The Morgan fingerprint density at radius 3 is 2.76 bits per heavy atom. The van der Waals surface area contributed by atoms with Crippen molar-refractivity contribution in [3.05, 3.63) is 45.8 Å². The van der Waals surface area contributed by atoms with Crippen LogP contribution in [-0.2, 0) is 6.42 Å². The Morgan fingerprint density at radius 2 is 2.06 bits per heavy atom. The Bertz CT molecular complexity index is 531. The van der Waals surface area contributed by atoms with Crippen LogP contribution in [-0.4, -0.2) is 9.97 Å². The van der Waals surface area contributed by atoms with E-state index in [1.54, 1.807) is 0 Å². The minimum absolute atomic E-state index is 0.667. The molecule has 0 radical (unpaired) electrons. The summed E-state index contributed by atoms with van der Waals surface area (Å²) in [5.41, 5.74) is 0.835. The fourth-order valence-electron chi connectivity index (χ4n) is 1.39. The van der Waals surface area contributed by atoms with Crippen molar-refractivity contribution in [1.82, 2.24) is 9.97 Å². The van der Waals surface area contributed by atoms with Gasteiger partial charge < -0.3 is 5.32 Å². The van der Waals surface area contributed by atoms with Gasteiger partial charge >= 0.3 is 0 Å². The highest BCUT2D eigenvalue weighted by molar-refractivity contribution is 9.10. The van der Waals surface area contributed by atoms with Gasteiger partial charge in [-0.15, -0.1) is 0 Å². The summed E-state index contributed by atoms with van der Waals surface area (Å²) in [5, 5.41) is 3.84. The molecule has 2 aromatic rings. The molecule has 1 aromatic carbocycles. The molecular formula is C12H11BrClN3. The lowest BCUT2D eigenvalue weighted by atomic mass is 10.3. The number of para-hydroxylation sites is 1. The molecule has 2 rings (SSSR count). The number of nitrogens with one attached hydrogen (secondary N) is 1. The second kappa shape index (κ2) is 5.47. The molecule has 0 aliphatic heterocycles. The minimum atomic E-state index is 0.667. The van der Waals surface area contributed by atoms with Crippen molar-refractivity contribution in [3.8, 4) is 0 Å². The quantitative estimate of drug-likeness (QED) is 0.863. The molecule has 1 heterocycles. The van der Waals surface area contributed by atoms with Crippen LogP contribution < -0.4 is 5.32 Å². The van der Waals surface area contributed by atoms with Gasteiger partial charge in [0.25, 0.3) is 0 Å². The topological polar surface area (TPSA) is 37.8 Å². The second-order valence-corrected chi connectivity index (χ2v) is 4.67. The summed E-state index contributed by atoms with van der Waals surface area (Å²) in [6.45, 7) is 2.01. The highest BCUT2D eigenvalue weighted by Crippen LogP contribution is 2.24. The lowest BCUT2D eigenvalue weighted by Crippen LogP contribution is -1.99. The Labute approximate surface area is 113 Å². The van der Waals surface area contributed by atoms with Crippen LogP contribution in [0.1, 0.15) is 12.7 Å². The van der Waals surface area contributed by atoms with E-state index in [0.717, 1.165) is 28.4 Å². The number of benzene rings is 1. The van der Waals surface area contributed by atoms with Gasteiger partial charge in [0.15, 0.2) is 0 Å². The Morgan fingerprint density at radius 1 is 1.29 bits per heavy atom. The molecule has 0 spiro atoms. The van der Waals surface area contributed by atoms with Crippen LogP contribution in [0.5, 0.6) is 0 Å². The van der Waals surface area contributed by atoms with Gasteiger partial charge in [-0.1, -0.05) is 30.7 Å². The van der Waals surface area contributed by atoms with E-state index in [0.29, 0.717) is 5.02 Å². The highest BCUT2D eigenvalue weighted by atomic mass is 79.9. The Hall–Kier alpha value is -1.13. The van der Waals surface area contributed by atoms with E-state index in [1.165, 1.54) is 0 Å². The van der Waals surface area contributed by atoms with Crippen LogP contribution in [0.2, 0.25) is 5.02 Å². The molecule has 0 bridgehead atoms. The number of nitrogens with zero attached hydrogens (tertiary/aromatic N) is 2. The van der Waals surface area contributed by atoms with Gasteiger partial charge in [-0.05, 0) is 28.1 Å². The summed E-state index contributed by atoms with van der Waals surface area (Å²) in [4.78, 5) is 8.63. The van der Waals surface area contributed by atoms with E-state index in [1.807, 2.05) is 37.3 Å². The highest BCUT2D eigenvalue weighted by Gasteiger charge is 2.04. The van der Waals surface area contributed by atoms with Crippen LogP contribution in [0, 0.1) is 0 Å². The predicted octanol–water partition coefficient (Wildman–Crippen LogP) is 4.20. The van der Waals surface area contributed by atoms with Crippen LogP contribution in [0.25, 0.3) is 0 Å². The van der Waals surface area contributed by atoms with E-state index in [2.05, 4.69) is 31.2 Å². The number of halogens is 2. The van der Waals surface area contributed by atoms with Gasteiger partial charge in [-0.3, -0.25) is 0 Å². The summed E-state index contributed by atoms with van der Waals surface area (Å²) in [5.74, 6) is 1.52. The number of aryl methyl sites for hydroxylation is 1. The summed E-state index contributed by atoms with van der Waals surface area (Å²) >= 11 is 9.43. The lowest BCUT2D eigenvalue weighted by molar-refractivity contribution is 0.931. The molecule has 1 N–H and O–H groups in total. The normalized spacial score (nSPS) is 10.3. The largest absolute Gasteiger partial charge is 0.339 e. The molecule has 5 heteroatoms. The average molecular weight is 313 g/mol. The molecule has 0 fully saturated rings. The summed E-state index contributed by atoms with van der Waals surface area (Å²) < 4.78 is 0.763. The zero-order valence-corrected chi connectivity index (χ0v) is 11.6. The fourth-order valence-corrected chi connectivity index (χ4v) is 1.99. The molecule has 0 aliphatic rings. The van der Waals surface area contributed by atoms with Gasteiger partial charge in [-0.25, -0.2) is 9.97 Å². The number of aromatic nitrogens is 2. The first-order valence-electron chi connectivity index (χ1n) is 5.24. The Balaban J connectivity index is 2.30. The molecule has 3 nitrogen and oxygen atoms in total. The van der Waals surface area contributed by atoms with Crippen LogP contribution in [0.3, 0.4) is 0 Å². The molecule has 0 unspecified atom stereocenters. The molecule has 0 saturated heterocycles. The standard InChI is InChI=1S/C12H11BrClN3/c1-2-11-16-10(13)7-12(17-11)15-9-6-4-3-5-8(9)14/h3-7H,2H2,1H3,(H,15,16,17). The van der Waals surface area contributed by atoms with E-state index in [-0.39, 0.29) is 0 Å². The van der Waals surface area contributed by atoms with Crippen molar-refractivity contribution in [2.75, 3.05) is 5.32 Å². The zero-order chi connectivity index (χ0) is 12.3. The van der Waals surface area contributed by atoms with Crippen molar-refractivity contribution in [3.63, 3.8) is 0 Å². The minimum Gasteiger partial charge on any atom is -0.339 e.